The van der Waals surface area contributed by atoms with Crippen LogP contribution in [0.15, 0.2) is 34.2 Å². The fourth-order valence-electron chi connectivity index (χ4n) is 1.28. The summed E-state index contributed by atoms with van der Waals surface area (Å²) in [5.41, 5.74) is 2.43. The van der Waals surface area contributed by atoms with Gasteiger partial charge in [0.05, 0.1) is 0 Å². The molecule has 0 aliphatic heterocycles. The van der Waals surface area contributed by atoms with Crippen molar-refractivity contribution in [3.05, 3.63) is 39.8 Å². The highest BCUT2D eigenvalue weighted by atomic mass is 79.9. The van der Waals surface area contributed by atoms with E-state index in [1.54, 1.807) is 11.3 Å². The molecule has 0 spiro atoms. The van der Waals surface area contributed by atoms with E-state index in [-0.39, 0.29) is 0 Å². The smallest absolute Gasteiger partial charge is 0.190 e. The highest BCUT2D eigenvalue weighted by molar-refractivity contribution is 9.10. The summed E-state index contributed by atoms with van der Waals surface area (Å²) in [6.45, 7) is 2.09. The molecule has 78 valence electrons. The maximum absolute atomic E-state index is 4.37. The third-order valence-electron chi connectivity index (χ3n) is 2.17. The first-order valence-electron chi connectivity index (χ1n) is 4.58. The Hall–Kier alpha value is -0.870. The summed E-state index contributed by atoms with van der Waals surface area (Å²) < 4.78 is 0.890. The second-order valence-electron chi connectivity index (χ2n) is 3.35. The number of aryl methyl sites for hydroxylation is 1. The van der Waals surface area contributed by atoms with Gasteiger partial charge in [0.25, 0.3) is 0 Å². The zero-order valence-electron chi connectivity index (χ0n) is 8.57. The molecule has 0 N–H and O–H groups in total. The number of benzene rings is 1. The minimum atomic E-state index is 0.890. The van der Waals surface area contributed by atoms with E-state index in [9.17, 15) is 0 Å². The molecule has 1 aromatic heterocycles. The fraction of sp³-hybridized carbons (Fsp3) is 0.182. The number of nitrogens with zero attached hydrogens (tertiary/aromatic N) is 2. The van der Waals surface area contributed by atoms with Crippen LogP contribution in [-0.4, -0.2) is 12.0 Å². The van der Waals surface area contributed by atoms with Crippen LogP contribution < -0.4 is 4.90 Å². The SMILES string of the molecule is Cc1ccc(N(C)c2nc(Br)cs2)cc1. The Labute approximate surface area is 102 Å². The van der Waals surface area contributed by atoms with E-state index in [4.69, 9.17) is 0 Å². The van der Waals surface area contributed by atoms with E-state index in [1.807, 2.05) is 12.4 Å². The number of anilines is 2. The number of halogens is 1. The van der Waals surface area contributed by atoms with Crippen LogP contribution >= 0.6 is 27.3 Å². The molecule has 0 atom stereocenters. The normalized spacial score (nSPS) is 10.3. The number of hydrogen-bond acceptors (Lipinski definition) is 3. The van der Waals surface area contributed by atoms with Gasteiger partial charge in [-0.25, -0.2) is 4.98 Å². The van der Waals surface area contributed by atoms with Gasteiger partial charge in [0, 0.05) is 18.1 Å². The average molecular weight is 283 g/mol. The summed E-state index contributed by atoms with van der Waals surface area (Å²) in [6, 6.07) is 8.41. The molecule has 2 nitrogen and oxygen atoms in total. The third kappa shape index (κ3) is 2.38. The number of rotatable bonds is 2. The lowest BCUT2D eigenvalue weighted by Crippen LogP contribution is -2.08. The van der Waals surface area contributed by atoms with E-state index in [0.717, 1.165) is 15.4 Å². The lowest BCUT2D eigenvalue weighted by atomic mass is 10.2. The maximum atomic E-state index is 4.37. The molecule has 0 saturated heterocycles. The van der Waals surface area contributed by atoms with Gasteiger partial charge in [0.15, 0.2) is 5.13 Å². The molecule has 0 radical (unpaired) electrons. The van der Waals surface area contributed by atoms with E-state index < -0.39 is 0 Å². The minimum absolute atomic E-state index is 0.890. The van der Waals surface area contributed by atoms with Gasteiger partial charge in [-0.2, -0.15) is 0 Å². The Morgan fingerprint density at radius 3 is 2.47 bits per heavy atom. The van der Waals surface area contributed by atoms with Crippen molar-refractivity contribution in [3.63, 3.8) is 0 Å². The topological polar surface area (TPSA) is 16.1 Å². The van der Waals surface area contributed by atoms with Gasteiger partial charge in [-0.1, -0.05) is 17.7 Å². The van der Waals surface area contributed by atoms with Crippen LogP contribution in [0.5, 0.6) is 0 Å². The van der Waals surface area contributed by atoms with Gasteiger partial charge in [0.1, 0.15) is 4.60 Å². The van der Waals surface area contributed by atoms with Crippen molar-refractivity contribution in [2.75, 3.05) is 11.9 Å². The van der Waals surface area contributed by atoms with Crippen LogP contribution in [0.1, 0.15) is 5.56 Å². The Morgan fingerprint density at radius 1 is 1.27 bits per heavy atom. The molecule has 0 saturated carbocycles. The number of thiazole rings is 1. The quantitative estimate of drug-likeness (QED) is 0.828. The van der Waals surface area contributed by atoms with Crippen LogP contribution in [0.3, 0.4) is 0 Å². The first-order valence-corrected chi connectivity index (χ1v) is 6.25. The Kier molecular flexibility index (Phi) is 3.07. The van der Waals surface area contributed by atoms with E-state index in [1.165, 1.54) is 5.56 Å². The second-order valence-corrected chi connectivity index (χ2v) is 5.00. The van der Waals surface area contributed by atoms with Crippen molar-refractivity contribution in [3.8, 4) is 0 Å². The first-order chi connectivity index (χ1) is 7.16. The Bertz CT molecular complexity index is 450. The molecule has 2 rings (SSSR count). The van der Waals surface area contributed by atoms with Crippen LogP contribution in [0, 0.1) is 6.92 Å². The molecule has 1 aromatic carbocycles. The van der Waals surface area contributed by atoms with Crippen molar-refractivity contribution < 1.29 is 0 Å². The van der Waals surface area contributed by atoms with Gasteiger partial charge in [-0.3, -0.25) is 0 Å². The minimum Gasteiger partial charge on any atom is -0.321 e. The fourth-order valence-corrected chi connectivity index (χ4v) is 2.51. The molecule has 0 aliphatic carbocycles. The van der Waals surface area contributed by atoms with Crippen LogP contribution in [0.25, 0.3) is 0 Å². The second kappa shape index (κ2) is 4.33. The van der Waals surface area contributed by atoms with Gasteiger partial charge < -0.3 is 4.90 Å². The predicted octanol–water partition coefficient (Wildman–Crippen LogP) is 3.98. The summed E-state index contributed by atoms with van der Waals surface area (Å²) in [5.74, 6) is 0. The van der Waals surface area contributed by atoms with Gasteiger partial charge >= 0.3 is 0 Å². The van der Waals surface area contributed by atoms with E-state index in [0.29, 0.717) is 0 Å². The van der Waals surface area contributed by atoms with E-state index in [2.05, 4.69) is 57.0 Å². The predicted molar refractivity (Wildman–Crippen MR) is 69.1 cm³/mol. The molecule has 0 fully saturated rings. The molecule has 0 amide bonds. The monoisotopic (exact) mass is 282 g/mol. The molecule has 0 unspecified atom stereocenters. The average Bonchev–Trinajstić information content (AvgIpc) is 2.65. The van der Waals surface area contributed by atoms with Crippen molar-refractivity contribution in [1.29, 1.82) is 0 Å². The molecular weight excluding hydrogens is 272 g/mol. The van der Waals surface area contributed by atoms with Crippen LogP contribution in [0.2, 0.25) is 0 Å². The maximum Gasteiger partial charge on any atom is 0.190 e. The summed E-state index contributed by atoms with van der Waals surface area (Å²) in [4.78, 5) is 6.45. The van der Waals surface area contributed by atoms with Crippen molar-refractivity contribution >= 4 is 38.1 Å². The van der Waals surface area contributed by atoms with Crippen molar-refractivity contribution in [2.24, 2.45) is 0 Å². The lowest BCUT2D eigenvalue weighted by Gasteiger charge is -2.15. The van der Waals surface area contributed by atoms with Crippen LogP contribution in [-0.2, 0) is 0 Å². The summed E-state index contributed by atoms with van der Waals surface area (Å²) in [5, 5.41) is 2.98. The molecule has 0 bridgehead atoms. The van der Waals surface area contributed by atoms with Crippen molar-refractivity contribution in [1.82, 2.24) is 4.98 Å². The van der Waals surface area contributed by atoms with E-state index >= 15 is 0 Å². The molecule has 2 aromatic rings. The highest BCUT2D eigenvalue weighted by Crippen LogP contribution is 2.28. The largest absolute Gasteiger partial charge is 0.321 e. The summed E-state index contributed by atoms with van der Waals surface area (Å²) >= 11 is 4.98. The zero-order chi connectivity index (χ0) is 10.8. The standard InChI is InChI=1S/C11H11BrN2S/c1-8-3-5-9(6-4-8)14(2)11-13-10(12)7-15-11/h3-7H,1-2H3. The summed E-state index contributed by atoms with van der Waals surface area (Å²) in [7, 11) is 2.02. The molecule has 0 aliphatic rings. The number of aromatic nitrogens is 1. The summed E-state index contributed by atoms with van der Waals surface area (Å²) in [6.07, 6.45) is 0. The van der Waals surface area contributed by atoms with Crippen LogP contribution in [0.4, 0.5) is 10.8 Å². The Balaban J connectivity index is 2.28. The number of hydrogen-bond donors (Lipinski definition) is 0. The van der Waals surface area contributed by atoms with Gasteiger partial charge in [-0.05, 0) is 35.0 Å². The Morgan fingerprint density at radius 2 is 1.93 bits per heavy atom. The molecule has 4 heteroatoms. The molecule has 15 heavy (non-hydrogen) atoms. The molecular formula is C11H11BrN2S. The third-order valence-corrected chi connectivity index (χ3v) is 3.80. The van der Waals surface area contributed by atoms with Crippen molar-refractivity contribution in [2.45, 2.75) is 6.92 Å². The van der Waals surface area contributed by atoms with Gasteiger partial charge in [-0.15, -0.1) is 11.3 Å². The first kappa shape index (κ1) is 10.6. The molecule has 1 heterocycles. The zero-order valence-corrected chi connectivity index (χ0v) is 11.0. The highest BCUT2D eigenvalue weighted by Gasteiger charge is 2.07. The van der Waals surface area contributed by atoms with Gasteiger partial charge in [0.2, 0.25) is 0 Å². The lowest BCUT2D eigenvalue weighted by molar-refractivity contribution is 1.16.